The lowest BCUT2D eigenvalue weighted by Gasteiger charge is -2.14. The van der Waals surface area contributed by atoms with E-state index in [1.54, 1.807) is 11.3 Å². The number of ketones is 1. The van der Waals surface area contributed by atoms with E-state index < -0.39 is 0 Å². The van der Waals surface area contributed by atoms with E-state index in [9.17, 15) is 4.79 Å². The molecule has 4 heteroatoms. The predicted octanol–water partition coefficient (Wildman–Crippen LogP) is 5.74. The Labute approximate surface area is 164 Å². The van der Waals surface area contributed by atoms with Gasteiger partial charge in [-0.25, -0.2) is 0 Å². The zero-order valence-electron chi connectivity index (χ0n) is 16.4. The summed E-state index contributed by atoms with van der Waals surface area (Å²) < 4.78 is 2.34. The minimum Gasteiger partial charge on any atom is -0.337 e. The van der Waals surface area contributed by atoms with Crippen LogP contribution in [0.5, 0.6) is 0 Å². The van der Waals surface area contributed by atoms with Gasteiger partial charge in [-0.15, -0.1) is 11.3 Å². The predicted molar refractivity (Wildman–Crippen MR) is 115 cm³/mol. The monoisotopic (exact) mass is 378 g/mol. The Kier molecular flexibility index (Phi) is 4.79. The van der Waals surface area contributed by atoms with Crippen LogP contribution in [-0.2, 0) is 6.54 Å². The first kappa shape index (κ1) is 18.2. The van der Waals surface area contributed by atoms with Crippen molar-refractivity contribution in [2.24, 2.45) is 0 Å². The fourth-order valence-corrected chi connectivity index (χ4v) is 5.41. The molecule has 27 heavy (non-hydrogen) atoms. The lowest BCUT2D eigenvalue weighted by Crippen LogP contribution is -2.20. The third-order valence-electron chi connectivity index (χ3n) is 5.45. The van der Waals surface area contributed by atoms with E-state index >= 15 is 0 Å². The van der Waals surface area contributed by atoms with E-state index in [1.807, 2.05) is 6.07 Å². The largest absolute Gasteiger partial charge is 0.337 e. The number of Topliss-reactive ketones (excluding diaryl/α,β-unsaturated/α-hetero) is 1. The molecule has 4 rings (SSSR count). The van der Waals surface area contributed by atoms with Crippen LogP contribution in [-0.4, -0.2) is 16.9 Å². The number of rotatable bonds is 6. The van der Waals surface area contributed by atoms with Crippen molar-refractivity contribution in [3.05, 3.63) is 63.7 Å². The van der Waals surface area contributed by atoms with Crippen LogP contribution in [0, 0.1) is 6.92 Å². The lowest BCUT2D eigenvalue weighted by molar-refractivity contribution is 0.106. The molecule has 3 nitrogen and oxygen atoms in total. The van der Waals surface area contributed by atoms with E-state index in [4.69, 9.17) is 0 Å². The third kappa shape index (κ3) is 2.88. The van der Waals surface area contributed by atoms with Crippen LogP contribution in [0.25, 0.3) is 15.8 Å². The average Bonchev–Trinajstić information content (AvgIpc) is 3.27. The van der Waals surface area contributed by atoms with Gasteiger partial charge in [0.15, 0.2) is 0 Å². The maximum atomic E-state index is 13.5. The molecule has 0 amide bonds. The fourth-order valence-electron chi connectivity index (χ4n) is 4.24. The van der Waals surface area contributed by atoms with Gasteiger partial charge in [-0.1, -0.05) is 38.1 Å². The molecule has 0 radical (unpaired) electrons. The molecule has 0 saturated carbocycles. The summed E-state index contributed by atoms with van der Waals surface area (Å²) in [5, 5.41) is 4.71. The minimum atomic E-state index is 0.135. The Morgan fingerprint density at radius 2 is 1.96 bits per heavy atom. The van der Waals surface area contributed by atoms with E-state index in [-0.39, 0.29) is 11.8 Å². The fraction of sp³-hybridized carbons (Fsp3) is 0.348. The highest BCUT2D eigenvalue weighted by Gasteiger charge is 2.32. The van der Waals surface area contributed by atoms with Crippen molar-refractivity contribution in [1.29, 1.82) is 0 Å². The summed E-state index contributed by atoms with van der Waals surface area (Å²) in [6.07, 6.45) is 1.09. The van der Waals surface area contributed by atoms with Gasteiger partial charge in [0.25, 0.3) is 0 Å². The highest BCUT2D eigenvalue weighted by Crippen LogP contribution is 2.43. The first-order valence-electron chi connectivity index (χ1n) is 9.74. The molecule has 1 N–H and O–H groups in total. The first-order chi connectivity index (χ1) is 13.1. The topological polar surface area (TPSA) is 34.0 Å². The Morgan fingerprint density at radius 3 is 2.70 bits per heavy atom. The number of fused-ring (bicyclic) bond motifs is 2. The van der Waals surface area contributed by atoms with Crippen LogP contribution in [0.3, 0.4) is 0 Å². The molecule has 0 spiro atoms. The summed E-state index contributed by atoms with van der Waals surface area (Å²) in [4.78, 5) is 15.6. The lowest BCUT2D eigenvalue weighted by atomic mass is 10.0. The number of hydrogen-bond donors (Lipinski definition) is 1. The number of carbonyl (C=O) groups excluding carboxylic acids is 1. The third-order valence-corrected chi connectivity index (χ3v) is 6.62. The molecule has 0 saturated heterocycles. The van der Waals surface area contributed by atoms with Gasteiger partial charge in [0.2, 0.25) is 5.78 Å². The molecule has 2 heterocycles. The van der Waals surface area contributed by atoms with E-state index in [0.717, 1.165) is 41.1 Å². The van der Waals surface area contributed by atoms with Crippen molar-refractivity contribution in [2.45, 2.75) is 46.7 Å². The Morgan fingerprint density at radius 1 is 1.19 bits per heavy atom. The quantitative estimate of drug-likeness (QED) is 0.555. The second-order valence-electron chi connectivity index (χ2n) is 7.27. The number of benzene rings is 1. The number of hydrogen-bond acceptors (Lipinski definition) is 3. The van der Waals surface area contributed by atoms with Gasteiger partial charge in [0.05, 0.1) is 10.9 Å². The van der Waals surface area contributed by atoms with E-state index in [2.05, 4.69) is 67.9 Å². The molecule has 0 bridgehead atoms. The zero-order valence-corrected chi connectivity index (χ0v) is 17.2. The van der Waals surface area contributed by atoms with Gasteiger partial charge in [0, 0.05) is 23.2 Å². The number of aryl methyl sites for hydroxylation is 2. The Hall–Kier alpha value is -2.17. The van der Waals surface area contributed by atoms with Gasteiger partial charge in [-0.05, 0) is 55.6 Å². The summed E-state index contributed by atoms with van der Waals surface area (Å²) in [5.74, 6) is 0.155. The van der Waals surface area contributed by atoms with Crippen molar-refractivity contribution in [1.82, 2.24) is 9.88 Å². The molecule has 2 aromatic heterocycles. The summed E-state index contributed by atoms with van der Waals surface area (Å²) in [7, 11) is 0. The highest BCUT2D eigenvalue weighted by molar-refractivity contribution is 7.20. The molecular formula is C23H26N2OS. The minimum absolute atomic E-state index is 0.135. The van der Waals surface area contributed by atoms with Gasteiger partial charge in [-0.3, -0.25) is 4.79 Å². The Bertz CT molecular complexity index is 1050. The molecule has 3 aromatic rings. The molecule has 1 atom stereocenters. The maximum absolute atomic E-state index is 13.5. The van der Waals surface area contributed by atoms with Crippen LogP contribution in [0.4, 0.5) is 0 Å². The average molecular weight is 379 g/mol. The molecule has 1 aliphatic carbocycles. The van der Waals surface area contributed by atoms with Gasteiger partial charge in [-0.2, -0.15) is 0 Å². The normalized spacial score (nSPS) is 16.4. The molecule has 1 aliphatic rings. The van der Waals surface area contributed by atoms with E-state index in [1.165, 1.54) is 21.5 Å². The second kappa shape index (κ2) is 7.10. The first-order valence-corrected chi connectivity index (χ1v) is 10.6. The molecule has 1 unspecified atom stereocenters. The standard InChI is InChI=1S/C23H26N2OS/c1-5-11-25-14(3)12-16-13-19(27-23(16)25)22(26)20-15(4)21(24-6-2)18-10-8-7-9-17(18)20/h7-10,12-13,21,24H,5-6,11H2,1-4H3. The van der Waals surface area contributed by atoms with Gasteiger partial charge < -0.3 is 9.88 Å². The van der Waals surface area contributed by atoms with Gasteiger partial charge >= 0.3 is 0 Å². The van der Waals surface area contributed by atoms with Crippen LogP contribution >= 0.6 is 11.3 Å². The van der Waals surface area contributed by atoms with Crippen molar-refractivity contribution >= 4 is 32.9 Å². The summed E-state index contributed by atoms with van der Waals surface area (Å²) >= 11 is 1.63. The van der Waals surface area contributed by atoms with Crippen molar-refractivity contribution in [3.8, 4) is 0 Å². The number of nitrogens with zero attached hydrogens (tertiary/aromatic N) is 1. The van der Waals surface area contributed by atoms with Crippen LogP contribution in [0.1, 0.15) is 59.7 Å². The number of thiophene rings is 1. The molecule has 0 aliphatic heterocycles. The van der Waals surface area contributed by atoms with Crippen LogP contribution in [0.15, 0.2) is 42.0 Å². The van der Waals surface area contributed by atoms with Crippen molar-refractivity contribution in [3.63, 3.8) is 0 Å². The van der Waals surface area contributed by atoms with Crippen molar-refractivity contribution in [2.75, 3.05) is 6.54 Å². The highest BCUT2D eigenvalue weighted by atomic mass is 32.1. The number of likely N-dealkylation sites (N-methyl/N-ethyl adjacent to an activating group) is 1. The molecular weight excluding hydrogens is 352 g/mol. The van der Waals surface area contributed by atoms with Crippen molar-refractivity contribution < 1.29 is 4.79 Å². The number of nitrogens with one attached hydrogen (secondary N) is 1. The summed E-state index contributed by atoms with van der Waals surface area (Å²) in [6.45, 7) is 10.4. The summed E-state index contributed by atoms with van der Waals surface area (Å²) in [5.41, 5.74) is 5.57. The van der Waals surface area contributed by atoms with Crippen LogP contribution in [0.2, 0.25) is 0 Å². The molecule has 140 valence electrons. The smallest absolute Gasteiger partial charge is 0.203 e. The SMILES string of the molecule is CCCn1c(C)cc2cc(C(=O)C3=C(C)C(NCC)c4ccccc43)sc21. The zero-order chi connectivity index (χ0) is 19.1. The van der Waals surface area contributed by atoms with Crippen LogP contribution < -0.4 is 5.32 Å². The number of carbonyl (C=O) groups is 1. The number of allylic oxidation sites excluding steroid dienone is 1. The van der Waals surface area contributed by atoms with Gasteiger partial charge in [0.1, 0.15) is 4.83 Å². The molecule has 1 aromatic carbocycles. The summed E-state index contributed by atoms with van der Waals surface area (Å²) in [6, 6.07) is 12.7. The molecule has 0 fully saturated rings. The number of aromatic nitrogens is 1. The maximum Gasteiger partial charge on any atom is 0.203 e. The second-order valence-corrected chi connectivity index (χ2v) is 8.30. The van der Waals surface area contributed by atoms with E-state index in [0.29, 0.717) is 0 Å². The Balaban J connectivity index is 1.79.